The fourth-order valence-corrected chi connectivity index (χ4v) is 2.19. The van der Waals surface area contributed by atoms with E-state index in [0.29, 0.717) is 6.29 Å². The zero-order valence-corrected chi connectivity index (χ0v) is 15.9. The quantitative estimate of drug-likeness (QED) is 0.418. The summed E-state index contributed by atoms with van der Waals surface area (Å²) in [7, 11) is 1.11. The summed E-state index contributed by atoms with van der Waals surface area (Å²) < 4.78 is 15.0. The van der Waals surface area contributed by atoms with Gasteiger partial charge in [-0.3, -0.25) is 4.79 Å². The van der Waals surface area contributed by atoms with Gasteiger partial charge in [-0.15, -0.1) is 0 Å². The van der Waals surface area contributed by atoms with Crippen LogP contribution >= 0.6 is 0 Å². The van der Waals surface area contributed by atoms with Crippen LogP contribution in [-0.2, 0) is 35.2 Å². The summed E-state index contributed by atoms with van der Waals surface area (Å²) in [5.41, 5.74) is -0.0777. The Balaban J connectivity index is 2.87. The molecule has 0 unspecified atom stereocenters. The molecule has 1 N–H and O–H groups in total. The first kappa shape index (κ1) is 22.1. The number of amides is 1. The zero-order valence-electron chi connectivity index (χ0n) is 15.9. The van der Waals surface area contributed by atoms with E-state index >= 15 is 0 Å². The largest absolute Gasteiger partial charge is 0.467 e. The van der Waals surface area contributed by atoms with Gasteiger partial charge in [-0.2, -0.15) is 0 Å². The van der Waals surface area contributed by atoms with Gasteiger partial charge < -0.3 is 24.3 Å². The van der Waals surface area contributed by atoms with Crippen LogP contribution < -0.4 is 5.32 Å². The van der Waals surface area contributed by atoms with E-state index in [4.69, 9.17) is 9.47 Å². The van der Waals surface area contributed by atoms with Crippen molar-refractivity contribution in [1.29, 1.82) is 0 Å². The Morgan fingerprint density at radius 3 is 2.26 bits per heavy atom. The highest BCUT2D eigenvalue weighted by Gasteiger charge is 2.38. The van der Waals surface area contributed by atoms with Gasteiger partial charge in [0, 0.05) is 6.42 Å². The number of hydrogen-bond donors (Lipinski definition) is 1. The monoisotopic (exact) mass is 379 g/mol. The Hall–Kier alpha value is -2.90. The highest BCUT2D eigenvalue weighted by molar-refractivity contribution is 5.89. The summed E-state index contributed by atoms with van der Waals surface area (Å²) in [6.07, 6.45) is -0.775. The van der Waals surface area contributed by atoms with Crippen LogP contribution in [0.4, 0.5) is 4.79 Å². The molecule has 8 nitrogen and oxygen atoms in total. The molecule has 0 aliphatic rings. The Morgan fingerprint density at radius 1 is 1.11 bits per heavy atom. The SMILES string of the molecule is COC(=O)[C@@H](NC(=O)OCc1ccccc1)[C@H](CC=O)C(=O)OC(C)(C)C. The molecule has 8 heteroatoms. The van der Waals surface area contributed by atoms with E-state index in [2.05, 4.69) is 10.1 Å². The molecule has 1 aromatic rings. The van der Waals surface area contributed by atoms with E-state index in [1.165, 1.54) is 0 Å². The van der Waals surface area contributed by atoms with Crippen LogP contribution in [0.1, 0.15) is 32.8 Å². The average Bonchev–Trinajstić information content (AvgIpc) is 2.61. The standard InChI is InChI=1S/C19H25NO7/c1-19(2,3)27-16(22)14(10-11-21)15(17(23)25-4)20-18(24)26-12-13-8-6-5-7-9-13/h5-9,11,14-15H,10,12H2,1-4H3,(H,20,24)/t14-,15-/m0/s1. The van der Waals surface area contributed by atoms with Crippen LogP contribution in [0.25, 0.3) is 0 Å². The zero-order chi connectivity index (χ0) is 20.4. The molecule has 0 aromatic heterocycles. The molecule has 0 aliphatic heterocycles. The van der Waals surface area contributed by atoms with Gasteiger partial charge in [0.1, 0.15) is 24.5 Å². The number of carbonyl (C=O) groups excluding carboxylic acids is 4. The second-order valence-corrected chi connectivity index (χ2v) is 6.75. The molecule has 0 aliphatic carbocycles. The molecule has 0 bridgehead atoms. The average molecular weight is 379 g/mol. The molecule has 148 valence electrons. The Kier molecular flexibility index (Phi) is 8.44. The normalized spacial score (nSPS) is 13.0. The summed E-state index contributed by atoms with van der Waals surface area (Å²) in [6, 6.07) is 7.51. The third-order valence-corrected chi connectivity index (χ3v) is 3.40. The topological polar surface area (TPSA) is 108 Å². The molecule has 1 rings (SSSR count). The summed E-state index contributed by atoms with van der Waals surface area (Å²) in [4.78, 5) is 47.6. The summed E-state index contributed by atoms with van der Waals surface area (Å²) in [6.45, 7) is 4.93. The van der Waals surface area contributed by atoms with Gasteiger partial charge in [0.15, 0.2) is 0 Å². The van der Waals surface area contributed by atoms with Crippen molar-refractivity contribution in [2.75, 3.05) is 7.11 Å². The third-order valence-electron chi connectivity index (χ3n) is 3.40. The number of methoxy groups -OCH3 is 1. The van der Waals surface area contributed by atoms with E-state index in [0.717, 1.165) is 12.7 Å². The first-order valence-electron chi connectivity index (χ1n) is 8.39. The first-order valence-corrected chi connectivity index (χ1v) is 8.39. The Labute approximate surface area is 158 Å². The first-order chi connectivity index (χ1) is 12.7. The fraction of sp³-hybridized carbons (Fsp3) is 0.474. The number of hydrogen-bond acceptors (Lipinski definition) is 7. The van der Waals surface area contributed by atoms with Crippen LogP contribution in [-0.4, -0.2) is 43.1 Å². The van der Waals surface area contributed by atoms with Crippen molar-refractivity contribution in [3.05, 3.63) is 35.9 Å². The van der Waals surface area contributed by atoms with Gasteiger partial charge in [0.05, 0.1) is 13.0 Å². The van der Waals surface area contributed by atoms with E-state index < -0.39 is 35.6 Å². The van der Waals surface area contributed by atoms with E-state index in [1.807, 2.05) is 6.07 Å². The molecular weight excluding hydrogens is 354 g/mol. The lowest BCUT2D eigenvalue weighted by atomic mass is 9.96. The van der Waals surface area contributed by atoms with Crippen LogP contribution in [0.5, 0.6) is 0 Å². The number of esters is 2. The molecule has 0 heterocycles. The second kappa shape index (κ2) is 10.3. The Bertz CT molecular complexity index is 652. The molecule has 0 saturated heterocycles. The molecule has 0 saturated carbocycles. The minimum absolute atomic E-state index is 0.0225. The maximum absolute atomic E-state index is 12.4. The smallest absolute Gasteiger partial charge is 0.408 e. The predicted molar refractivity (Wildman–Crippen MR) is 95.6 cm³/mol. The van der Waals surface area contributed by atoms with Crippen LogP contribution in [0, 0.1) is 5.92 Å². The molecule has 0 fully saturated rings. The maximum atomic E-state index is 12.4. The second-order valence-electron chi connectivity index (χ2n) is 6.75. The van der Waals surface area contributed by atoms with Gasteiger partial charge >= 0.3 is 18.0 Å². The maximum Gasteiger partial charge on any atom is 0.408 e. The van der Waals surface area contributed by atoms with Crippen molar-refractivity contribution in [2.45, 2.75) is 45.4 Å². The van der Waals surface area contributed by atoms with Gasteiger partial charge in [0.2, 0.25) is 0 Å². The number of carbonyl (C=O) groups is 4. The summed E-state index contributed by atoms with van der Waals surface area (Å²) in [5.74, 6) is -2.92. The van der Waals surface area contributed by atoms with Crippen molar-refractivity contribution in [3.63, 3.8) is 0 Å². The lowest BCUT2D eigenvalue weighted by Gasteiger charge is -2.27. The highest BCUT2D eigenvalue weighted by Crippen LogP contribution is 2.17. The number of rotatable bonds is 8. The minimum Gasteiger partial charge on any atom is -0.467 e. The highest BCUT2D eigenvalue weighted by atomic mass is 16.6. The van der Waals surface area contributed by atoms with Crippen molar-refractivity contribution in [3.8, 4) is 0 Å². The lowest BCUT2D eigenvalue weighted by Crippen LogP contribution is -2.50. The number of nitrogens with one attached hydrogen (secondary N) is 1. The Morgan fingerprint density at radius 2 is 1.74 bits per heavy atom. The number of benzene rings is 1. The molecule has 1 amide bonds. The minimum atomic E-state index is -1.42. The number of aldehydes is 1. The van der Waals surface area contributed by atoms with E-state index in [9.17, 15) is 19.2 Å². The lowest BCUT2D eigenvalue weighted by molar-refractivity contribution is -0.165. The predicted octanol–water partition coefficient (Wildman–Crippen LogP) is 2.00. The van der Waals surface area contributed by atoms with Gasteiger partial charge in [-0.1, -0.05) is 30.3 Å². The van der Waals surface area contributed by atoms with Crippen LogP contribution in [0.2, 0.25) is 0 Å². The number of alkyl carbamates (subject to hydrolysis) is 1. The fourth-order valence-electron chi connectivity index (χ4n) is 2.19. The molecule has 1 aromatic carbocycles. The van der Waals surface area contributed by atoms with Crippen LogP contribution in [0.3, 0.4) is 0 Å². The van der Waals surface area contributed by atoms with Gasteiger partial charge in [-0.25, -0.2) is 9.59 Å². The molecule has 0 spiro atoms. The van der Waals surface area contributed by atoms with Crippen LogP contribution in [0.15, 0.2) is 30.3 Å². The molecule has 0 radical (unpaired) electrons. The molecule has 2 atom stereocenters. The third kappa shape index (κ3) is 7.89. The van der Waals surface area contributed by atoms with Gasteiger partial charge in [0.25, 0.3) is 0 Å². The van der Waals surface area contributed by atoms with Crippen molar-refractivity contribution in [1.82, 2.24) is 5.32 Å². The number of ether oxygens (including phenoxy) is 3. The molecular formula is C19H25NO7. The van der Waals surface area contributed by atoms with Crippen molar-refractivity contribution < 1.29 is 33.4 Å². The van der Waals surface area contributed by atoms with E-state index in [-0.39, 0.29) is 13.0 Å². The van der Waals surface area contributed by atoms with Gasteiger partial charge in [-0.05, 0) is 26.3 Å². The van der Waals surface area contributed by atoms with Crippen molar-refractivity contribution in [2.24, 2.45) is 5.92 Å². The molecule has 27 heavy (non-hydrogen) atoms. The van der Waals surface area contributed by atoms with Crippen molar-refractivity contribution >= 4 is 24.3 Å². The summed E-state index contributed by atoms with van der Waals surface area (Å²) >= 11 is 0. The summed E-state index contributed by atoms with van der Waals surface area (Å²) in [5, 5.41) is 2.29. The van der Waals surface area contributed by atoms with E-state index in [1.54, 1.807) is 45.0 Å².